The van der Waals surface area contributed by atoms with Crippen molar-refractivity contribution >= 4 is 55.7 Å². The van der Waals surface area contributed by atoms with Crippen molar-refractivity contribution in [3.8, 4) is 22.3 Å². The van der Waals surface area contributed by atoms with Crippen LogP contribution in [0.4, 0.5) is 34.1 Å². The van der Waals surface area contributed by atoms with Crippen molar-refractivity contribution < 1.29 is 0 Å². The fourth-order valence-corrected chi connectivity index (χ4v) is 7.49. The molecule has 8 aromatic carbocycles. The zero-order chi connectivity index (χ0) is 33.6. The Bertz CT molecular complexity index is 2300. The van der Waals surface area contributed by atoms with Gasteiger partial charge in [-0.25, -0.2) is 0 Å². The zero-order valence-corrected chi connectivity index (χ0v) is 28.5. The summed E-state index contributed by atoms with van der Waals surface area (Å²) in [6, 6.07) is 62.5. The van der Waals surface area contributed by atoms with Crippen LogP contribution in [-0.2, 0) is 12.8 Å². The van der Waals surface area contributed by atoms with E-state index < -0.39 is 0 Å². The summed E-state index contributed by atoms with van der Waals surface area (Å²) in [6.45, 7) is 4.41. The van der Waals surface area contributed by atoms with Crippen molar-refractivity contribution in [2.45, 2.75) is 26.7 Å². The number of aryl methyl sites for hydroxylation is 2. The molecule has 0 bridgehead atoms. The van der Waals surface area contributed by atoms with Gasteiger partial charge in [-0.15, -0.1) is 0 Å². The molecule has 0 unspecified atom stereocenters. The van der Waals surface area contributed by atoms with E-state index in [1.807, 2.05) is 0 Å². The number of para-hydroxylation sites is 2. The van der Waals surface area contributed by atoms with Gasteiger partial charge in [0.15, 0.2) is 0 Å². The molecule has 9 rings (SSSR count). The van der Waals surface area contributed by atoms with Gasteiger partial charge in [0.05, 0.1) is 0 Å². The lowest BCUT2D eigenvalue weighted by atomic mass is 9.78. The molecule has 0 aliphatic heterocycles. The lowest BCUT2D eigenvalue weighted by Crippen LogP contribution is -2.10. The third-order valence-corrected chi connectivity index (χ3v) is 10.3. The van der Waals surface area contributed by atoms with Gasteiger partial charge in [0.1, 0.15) is 0 Å². The summed E-state index contributed by atoms with van der Waals surface area (Å²) in [6.07, 6.45) is 2.06. The summed E-state index contributed by atoms with van der Waals surface area (Å²) in [5.74, 6) is 0. The number of hydrogen-bond donors (Lipinski definition) is 0. The molecule has 0 N–H and O–H groups in total. The summed E-state index contributed by atoms with van der Waals surface area (Å²) in [4.78, 5) is 4.71. The van der Waals surface area contributed by atoms with Gasteiger partial charge in [-0.05, 0) is 165 Å². The summed E-state index contributed by atoms with van der Waals surface area (Å²) >= 11 is 0. The van der Waals surface area contributed by atoms with Crippen LogP contribution >= 0.6 is 0 Å². The summed E-state index contributed by atoms with van der Waals surface area (Å²) in [5, 5.41) is 5.02. The van der Waals surface area contributed by atoms with Crippen molar-refractivity contribution in [1.82, 2.24) is 0 Å². The van der Waals surface area contributed by atoms with Gasteiger partial charge >= 0.3 is 0 Å². The average Bonchev–Trinajstić information content (AvgIpc) is 3.18. The van der Waals surface area contributed by atoms with Gasteiger partial charge in [0.25, 0.3) is 0 Å². The Morgan fingerprint density at radius 2 is 0.620 bits per heavy atom. The van der Waals surface area contributed by atoms with E-state index in [4.69, 9.17) is 0 Å². The van der Waals surface area contributed by atoms with Crippen molar-refractivity contribution in [2.75, 3.05) is 9.80 Å². The lowest BCUT2D eigenvalue weighted by Gasteiger charge is -2.28. The Balaban J connectivity index is 1.11. The van der Waals surface area contributed by atoms with Gasteiger partial charge in [-0.2, -0.15) is 0 Å². The quantitative estimate of drug-likeness (QED) is 0.163. The molecule has 0 saturated carbocycles. The molecule has 2 heteroatoms. The molecule has 0 spiro atoms. The third-order valence-electron chi connectivity index (χ3n) is 10.3. The molecule has 1 aliphatic rings. The van der Waals surface area contributed by atoms with Crippen molar-refractivity contribution in [1.29, 1.82) is 0 Å². The molecular formula is C48H38N2. The van der Waals surface area contributed by atoms with Gasteiger partial charge < -0.3 is 9.80 Å². The molecule has 0 atom stereocenters. The predicted molar refractivity (Wildman–Crippen MR) is 214 cm³/mol. The maximum atomic E-state index is 2.39. The topological polar surface area (TPSA) is 6.48 Å². The second kappa shape index (κ2) is 12.4. The highest BCUT2D eigenvalue weighted by Crippen LogP contribution is 2.51. The van der Waals surface area contributed by atoms with E-state index in [1.165, 1.54) is 54.9 Å². The Kier molecular flexibility index (Phi) is 7.43. The van der Waals surface area contributed by atoms with E-state index in [1.54, 1.807) is 0 Å². The Hall–Kier alpha value is -6.12. The molecule has 1 aliphatic carbocycles. The molecule has 0 radical (unpaired) electrons. The maximum Gasteiger partial charge on any atom is 0.0468 e. The van der Waals surface area contributed by atoms with Crippen LogP contribution in [0.3, 0.4) is 0 Å². The average molecular weight is 643 g/mol. The van der Waals surface area contributed by atoms with Crippen LogP contribution in [0.25, 0.3) is 43.8 Å². The van der Waals surface area contributed by atoms with Crippen LogP contribution in [0.1, 0.15) is 25.0 Å². The van der Waals surface area contributed by atoms with E-state index in [2.05, 4.69) is 194 Å². The highest BCUT2D eigenvalue weighted by molar-refractivity contribution is 6.12. The van der Waals surface area contributed by atoms with Crippen LogP contribution in [0, 0.1) is 0 Å². The van der Waals surface area contributed by atoms with Crippen molar-refractivity contribution in [3.63, 3.8) is 0 Å². The van der Waals surface area contributed by atoms with E-state index in [9.17, 15) is 0 Å². The highest BCUT2D eigenvalue weighted by Gasteiger charge is 2.25. The fourth-order valence-electron chi connectivity index (χ4n) is 7.49. The number of anilines is 6. The minimum absolute atomic E-state index is 1.03. The van der Waals surface area contributed by atoms with Crippen molar-refractivity contribution in [2.24, 2.45) is 0 Å². The van der Waals surface area contributed by atoms with E-state index in [0.717, 1.165) is 47.0 Å². The van der Waals surface area contributed by atoms with Gasteiger partial charge in [0, 0.05) is 34.1 Å². The number of fused-ring (bicyclic) bond motifs is 6. The number of nitrogens with zero attached hydrogens (tertiary/aromatic N) is 2. The van der Waals surface area contributed by atoms with Crippen LogP contribution in [-0.4, -0.2) is 0 Å². The van der Waals surface area contributed by atoms with Gasteiger partial charge in [-0.1, -0.05) is 86.6 Å². The first-order valence-electron chi connectivity index (χ1n) is 17.7. The van der Waals surface area contributed by atoms with Gasteiger partial charge in [0.2, 0.25) is 0 Å². The molecule has 0 amide bonds. The monoisotopic (exact) mass is 642 g/mol. The molecule has 0 aromatic heterocycles. The minimum atomic E-state index is 1.03. The Morgan fingerprint density at radius 1 is 0.300 bits per heavy atom. The molecule has 50 heavy (non-hydrogen) atoms. The second-order valence-corrected chi connectivity index (χ2v) is 13.2. The zero-order valence-electron chi connectivity index (χ0n) is 28.5. The summed E-state index contributed by atoms with van der Waals surface area (Å²) in [7, 11) is 0. The highest BCUT2D eigenvalue weighted by atomic mass is 15.1. The first-order chi connectivity index (χ1) is 24.7. The first-order valence-corrected chi connectivity index (χ1v) is 17.7. The van der Waals surface area contributed by atoms with E-state index >= 15 is 0 Å². The van der Waals surface area contributed by atoms with Crippen LogP contribution in [0.5, 0.6) is 0 Å². The lowest BCUT2D eigenvalue weighted by molar-refractivity contribution is 1.14. The Labute approximate surface area is 294 Å². The Morgan fingerprint density at radius 3 is 0.980 bits per heavy atom. The molecular weight excluding hydrogens is 605 g/mol. The maximum absolute atomic E-state index is 2.39. The summed E-state index contributed by atoms with van der Waals surface area (Å²) < 4.78 is 0. The molecule has 2 nitrogen and oxygen atoms in total. The molecule has 0 fully saturated rings. The molecule has 0 saturated heterocycles. The van der Waals surface area contributed by atoms with Crippen LogP contribution < -0.4 is 9.80 Å². The third kappa shape index (κ3) is 5.21. The van der Waals surface area contributed by atoms with E-state index in [-0.39, 0.29) is 0 Å². The number of hydrogen-bond acceptors (Lipinski definition) is 2. The standard InChI is InChI=1S/C48H38N2/c1-3-33-15-21-41(22-16-33)49(39-11-7-5-8-12-39)43-25-19-35-29-45-46-30-36-20-26-44(28-38(36)32-48(46)47(45)31-37(35)27-43)50(40-13-9-6-10-14-40)42-23-17-34(4-2)18-24-42/h5-32H,3-4H2,1-2H3. The first kappa shape index (κ1) is 30.0. The largest absolute Gasteiger partial charge is 0.310 e. The fraction of sp³-hybridized carbons (Fsp3) is 0.0833. The SMILES string of the molecule is CCc1ccc(N(c2ccccc2)c2ccc3cc4c(cc3c2)-c2cc3cc(N(c5ccccc5)c5ccc(CC)cc5)ccc3cc2-4)cc1. The number of benzene rings is 8. The second-order valence-electron chi connectivity index (χ2n) is 13.2. The van der Waals surface area contributed by atoms with Crippen LogP contribution in [0.2, 0.25) is 0 Å². The molecule has 240 valence electrons. The molecule has 0 heterocycles. The summed E-state index contributed by atoms with van der Waals surface area (Å²) in [5.41, 5.74) is 14.9. The normalized spacial score (nSPS) is 11.6. The minimum Gasteiger partial charge on any atom is -0.310 e. The smallest absolute Gasteiger partial charge is 0.0468 e. The van der Waals surface area contributed by atoms with Crippen LogP contribution in [0.15, 0.2) is 170 Å². The number of rotatable bonds is 8. The van der Waals surface area contributed by atoms with Crippen molar-refractivity contribution in [3.05, 3.63) is 181 Å². The van der Waals surface area contributed by atoms with E-state index in [0.29, 0.717) is 0 Å². The predicted octanol–water partition coefficient (Wildman–Crippen LogP) is 13.7. The molecule has 8 aromatic rings. The van der Waals surface area contributed by atoms with Gasteiger partial charge in [-0.3, -0.25) is 0 Å².